The second-order valence-corrected chi connectivity index (χ2v) is 6.57. The molecule has 1 saturated heterocycles. The molecule has 25 heavy (non-hydrogen) atoms. The predicted octanol–water partition coefficient (Wildman–Crippen LogP) is 2.98. The van der Waals surface area contributed by atoms with Crippen LogP contribution in [0.5, 0.6) is 0 Å². The van der Waals surface area contributed by atoms with E-state index in [-0.39, 0.29) is 18.1 Å². The average molecular weight is 357 g/mol. The molecule has 1 aliphatic rings. The monoisotopic (exact) mass is 356 g/mol. The summed E-state index contributed by atoms with van der Waals surface area (Å²) in [6, 6.07) is 9.31. The van der Waals surface area contributed by atoms with Crippen LogP contribution in [0.2, 0.25) is 5.02 Å². The van der Waals surface area contributed by atoms with Gasteiger partial charge >= 0.3 is 0 Å². The van der Waals surface area contributed by atoms with Gasteiger partial charge in [-0.05, 0) is 30.7 Å². The van der Waals surface area contributed by atoms with Gasteiger partial charge in [0.2, 0.25) is 0 Å². The number of ether oxygens (including phenoxy) is 1. The minimum atomic E-state index is -0.200. The van der Waals surface area contributed by atoms with Crippen molar-refractivity contribution in [1.29, 1.82) is 0 Å². The van der Waals surface area contributed by atoms with Gasteiger partial charge in [0.25, 0.3) is 5.91 Å². The number of benzene rings is 1. The Morgan fingerprint density at radius 2 is 2.24 bits per heavy atom. The summed E-state index contributed by atoms with van der Waals surface area (Å²) in [5, 5.41) is 4.86. The van der Waals surface area contributed by atoms with Crippen molar-refractivity contribution in [2.75, 3.05) is 13.2 Å². The van der Waals surface area contributed by atoms with E-state index in [0.717, 1.165) is 5.56 Å². The molecule has 128 valence electrons. The number of halogens is 1. The lowest BCUT2D eigenvalue weighted by molar-refractivity contribution is -0.0486. The van der Waals surface area contributed by atoms with Crippen LogP contribution in [0.3, 0.4) is 0 Å². The molecule has 1 amide bonds. The summed E-state index contributed by atoms with van der Waals surface area (Å²) < 4.78 is 7.53. The first-order valence-corrected chi connectivity index (χ1v) is 8.47. The number of hydrogen-bond acceptors (Lipinski definition) is 4. The summed E-state index contributed by atoms with van der Waals surface area (Å²) in [5.41, 5.74) is 2.03. The minimum absolute atomic E-state index is 0.0263. The van der Waals surface area contributed by atoms with Crippen molar-refractivity contribution in [1.82, 2.24) is 19.5 Å². The lowest BCUT2D eigenvalue weighted by Crippen LogP contribution is -2.48. The van der Waals surface area contributed by atoms with Gasteiger partial charge in [-0.1, -0.05) is 23.7 Å². The number of hydrogen-bond donors (Lipinski definition) is 0. The molecule has 1 aromatic carbocycles. The van der Waals surface area contributed by atoms with Gasteiger partial charge in [-0.3, -0.25) is 4.79 Å². The number of amides is 1. The molecular formula is C18H17ClN4O2. The maximum Gasteiger partial charge on any atom is 0.259 e. The van der Waals surface area contributed by atoms with E-state index in [4.69, 9.17) is 16.3 Å². The van der Waals surface area contributed by atoms with Crippen LogP contribution in [0.1, 0.15) is 28.9 Å². The maximum atomic E-state index is 13.1. The number of aromatic nitrogens is 3. The Morgan fingerprint density at radius 1 is 1.36 bits per heavy atom. The van der Waals surface area contributed by atoms with Gasteiger partial charge in [-0.25, -0.2) is 9.50 Å². The van der Waals surface area contributed by atoms with Crippen LogP contribution in [0.4, 0.5) is 0 Å². The van der Waals surface area contributed by atoms with Crippen molar-refractivity contribution in [2.45, 2.75) is 19.1 Å². The molecule has 0 aliphatic carbocycles. The number of carbonyl (C=O) groups is 1. The molecule has 0 radical (unpaired) electrons. The topological polar surface area (TPSA) is 59.7 Å². The molecule has 2 aromatic heterocycles. The van der Waals surface area contributed by atoms with Crippen LogP contribution in [0, 0.1) is 0 Å². The van der Waals surface area contributed by atoms with Crippen molar-refractivity contribution < 1.29 is 9.53 Å². The zero-order valence-corrected chi connectivity index (χ0v) is 14.4. The Bertz CT molecular complexity index is 926. The molecule has 1 aliphatic heterocycles. The van der Waals surface area contributed by atoms with E-state index in [2.05, 4.69) is 10.1 Å². The van der Waals surface area contributed by atoms with Crippen molar-refractivity contribution in [2.24, 2.45) is 0 Å². The number of fused-ring (bicyclic) bond motifs is 1. The number of rotatable bonds is 2. The molecule has 0 N–H and O–H groups in total. The molecule has 3 heterocycles. The summed E-state index contributed by atoms with van der Waals surface area (Å²) in [5.74, 6) is -0.0865. The Balaban J connectivity index is 1.63. The van der Waals surface area contributed by atoms with Gasteiger partial charge < -0.3 is 9.64 Å². The smallest absolute Gasteiger partial charge is 0.259 e. The Labute approximate surface area is 150 Å². The molecule has 0 saturated carbocycles. The highest BCUT2D eigenvalue weighted by Gasteiger charge is 2.32. The fourth-order valence-corrected chi connectivity index (χ4v) is 3.28. The maximum absolute atomic E-state index is 13.1. The Kier molecular flexibility index (Phi) is 4.15. The Morgan fingerprint density at radius 3 is 3.08 bits per heavy atom. The fourth-order valence-electron chi connectivity index (χ4n) is 3.08. The van der Waals surface area contributed by atoms with Gasteiger partial charge in [0, 0.05) is 17.4 Å². The highest BCUT2D eigenvalue weighted by Crippen LogP contribution is 2.28. The minimum Gasteiger partial charge on any atom is -0.370 e. The van der Waals surface area contributed by atoms with Gasteiger partial charge in [0.15, 0.2) is 5.65 Å². The SMILES string of the molecule is CC1COC(c2cccc(Cl)c2)CN1C(=O)c1cnn2cccnc12. The molecule has 1 fully saturated rings. The van der Waals surface area contributed by atoms with Crippen LogP contribution in [-0.4, -0.2) is 44.6 Å². The van der Waals surface area contributed by atoms with Gasteiger partial charge in [-0.15, -0.1) is 0 Å². The van der Waals surface area contributed by atoms with E-state index in [9.17, 15) is 4.79 Å². The van der Waals surface area contributed by atoms with E-state index in [1.807, 2.05) is 36.1 Å². The van der Waals surface area contributed by atoms with E-state index in [1.54, 1.807) is 29.2 Å². The summed E-state index contributed by atoms with van der Waals surface area (Å²) in [4.78, 5) is 19.2. The third-order valence-corrected chi connectivity index (χ3v) is 4.66. The van der Waals surface area contributed by atoms with E-state index >= 15 is 0 Å². The standard InChI is InChI=1S/C18H17ClN4O2/c1-12-11-25-16(13-4-2-5-14(19)8-13)10-22(12)18(24)15-9-21-23-7-3-6-20-17(15)23/h2-9,12,16H,10-11H2,1H3. The Hall–Kier alpha value is -2.44. The van der Waals surface area contributed by atoms with Crippen molar-refractivity contribution in [3.8, 4) is 0 Å². The summed E-state index contributed by atoms with van der Waals surface area (Å²) in [6.07, 6.45) is 4.80. The second-order valence-electron chi connectivity index (χ2n) is 6.13. The zero-order chi connectivity index (χ0) is 17.4. The van der Waals surface area contributed by atoms with Gasteiger partial charge in [0.1, 0.15) is 11.7 Å². The summed E-state index contributed by atoms with van der Waals surface area (Å²) >= 11 is 6.08. The van der Waals surface area contributed by atoms with Crippen molar-refractivity contribution in [3.63, 3.8) is 0 Å². The highest BCUT2D eigenvalue weighted by atomic mass is 35.5. The molecule has 0 spiro atoms. The van der Waals surface area contributed by atoms with Crippen molar-refractivity contribution >= 4 is 23.2 Å². The van der Waals surface area contributed by atoms with Crippen LogP contribution >= 0.6 is 11.6 Å². The molecule has 3 aromatic rings. The first-order valence-electron chi connectivity index (χ1n) is 8.10. The van der Waals surface area contributed by atoms with Crippen LogP contribution in [0.25, 0.3) is 5.65 Å². The van der Waals surface area contributed by atoms with Gasteiger partial charge in [-0.2, -0.15) is 5.10 Å². The van der Waals surface area contributed by atoms with Gasteiger partial charge in [0.05, 0.1) is 25.4 Å². The summed E-state index contributed by atoms with van der Waals surface area (Å²) in [7, 11) is 0. The number of morpholine rings is 1. The zero-order valence-electron chi connectivity index (χ0n) is 13.7. The molecule has 2 atom stereocenters. The predicted molar refractivity (Wildman–Crippen MR) is 93.6 cm³/mol. The van der Waals surface area contributed by atoms with Crippen LogP contribution in [-0.2, 0) is 4.74 Å². The van der Waals surface area contributed by atoms with Crippen LogP contribution in [0.15, 0.2) is 48.9 Å². The second kappa shape index (κ2) is 6.46. The fraction of sp³-hybridized carbons (Fsp3) is 0.278. The molecule has 7 heteroatoms. The van der Waals surface area contributed by atoms with E-state index < -0.39 is 0 Å². The third kappa shape index (κ3) is 2.99. The molecule has 0 bridgehead atoms. The summed E-state index contributed by atoms with van der Waals surface area (Å²) in [6.45, 7) is 2.91. The molecule has 2 unspecified atom stereocenters. The van der Waals surface area contributed by atoms with Crippen LogP contribution < -0.4 is 0 Å². The highest BCUT2D eigenvalue weighted by molar-refractivity contribution is 6.30. The number of carbonyl (C=O) groups excluding carboxylic acids is 1. The van der Waals surface area contributed by atoms with E-state index in [1.165, 1.54) is 0 Å². The lowest BCUT2D eigenvalue weighted by atomic mass is 10.1. The number of nitrogens with zero attached hydrogens (tertiary/aromatic N) is 4. The first-order chi connectivity index (χ1) is 12.1. The average Bonchev–Trinajstić information content (AvgIpc) is 3.06. The molecule has 6 nitrogen and oxygen atoms in total. The quantitative estimate of drug-likeness (QED) is 0.708. The largest absolute Gasteiger partial charge is 0.370 e. The van der Waals surface area contributed by atoms with E-state index in [0.29, 0.717) is 29.4 Å². The van der Waals surface area contributed by atoms with Crippen molar-refractivity contribution in [3.05, 3.63) is 65.1 Å². The third-order valence-electron chi connectivity index (χ3n) is 4.42. The normalized spacial score (nSPS) is 20.8. The molecular weight excluding hydrogens is 340 g/mol. The first kappa shape index (κ1) is 16.1. The molecule has 4 rings (SSSR count). The lowest BCUT2D eigenvalue weighted by Gasteiger charge is -2.38.